The molecule has 0 radical (unpaired) electrons. The van der Waals surface area contributed by atoms with E-state index in [2.05, 4.69) is 0 Å². The number of hydrogen-bond donors (Lipinski definition) is 1. The molecule has 1 aromatic carbocycles. The Hall–Kier alpha value is -1.84. The predicted molar refractivity (Wildman–Crippen MR) is 73.4 cm³/mol. The van der Waals surface area contributed by atoms with Crippen LogP contribution in [0.25, 0.3) is 0 Å². The average molecular weight is 261 g/mol. The molecule has 2 rings (SSSR count). The zero-order valence-electron chi connectivity index (χ0n) is 11.8. The van der Waals surface area contributed by atoms with Crippen LogP contribution in [0.2, 0.25) is 0 Å². The first kappa shape index (κ1) is 13.6. The molecule has 0 unspecified atom stereocenters. The number of carbonyl (C=O) groups is 2. The third-order valence-corrected chi connectivity index (χ3v) is 4.26. The van der Waals surface area contributed by atoms with Crippen molar-refractivity contribution in [2.24, 2.45) is 5.41 Å². The lowest BCUT2D eigenvalue weighted by atomic mass is 10.00. The Morgan fingerprint density at radius 1 is 1.16 bits per heavy atom. The van der Waals surface area contributed by atoms with E-state index in [1.54, 1.807) is 7.05 Å². The molecule has 0 aliphatic heterocycles. The van der Waals surface area contributed by atoms with Crippen molar-refractivity contribution in [2.45, 2.75) is 33.6 Å². The highest BCUT2D eigenvalue weighted by molar-refractivity contribution is 6.12. The van der Waals surface area contributed by atoms with Crippen molar-refractivity contribution in [1.82, 2.24) is 0 Å². The van der Waals surface area contributed by atoms with Crippen LogP contribution < -0.4 is 4.90 Å². The molecule has 1 saturated carbocycles. The van der Waals surface area contributed by atoms with Crippen LogP contribution in [0.3, 0.4) is 0 Å². The Bertz CT molecular complexity index is 559. The van der Waals surface area contributed by atoms with Gasteiger partial charge < -0.3 is 10.0 Å². The average Bonchev–Trinajstić information content (AvgIpc) is 3.16. The van der Waals surface area contributed by atoms with Crippen molar-refractivity contribution >= 4 is 17.6 Å². The predicted octanol–water partition coefficient (Wildman–Crippen LogP) is 2.44. The van der Waals surface area contributed by atoms with Gasteiger partial charge in [-0.15, -0.1) is 0 Å². The summed E-state index contributed by atoms with van der Waals surface area (Å²) in [6.45, 7) is 5.99. The van der Waals surface area contributed by atoms with Crippen molar-refractivity contribution < 1.29 is 14.7 Å². The Labute approximate surface area is 113 Å². The van der Waals surface area contributed by atoms with Gasteiger partial charge >= 0.3 is 5.97 Å². The number of rotatable bonds is 3. The van der Waals surface area contributed by atoms with Crippen molar-refractivity contribution in [2.75, 3.05) is 11.9 Å². The van der Waals surface area contributed by atoms with Gasteiger partial charge in [-0.05, 0) is 56.4 Å². The van der Waals surface area contributed by atoms with E-state index >= 15 is 0 Å². The van der Waals surface area contributed by atoms with Crippen LogP contribution in [0.15, 0.2) is 12.1 Å². The van der Waals surface area contributed by atoms with Crippen LogP contribution in [-0.2, 0) is 9.59 Å². The molecule has 0 saturated heterocycles. The Balaban J connectivity index is 2.36. The summed E-state index contributed by atoms with van der Waals surface area (Å²) in [4.78, 5) is 25.1. The Morgan fingerprint density at radius 2 is 1.74 bits per heavy atom. The van der Waals surface area contributed by atoms with E-state index in [0.717, 1.165) is 16.8 Å². The number of amides is 1. The second kappa shape index (κ2) is 4.37. The van der Waals surface area contributed by atoms with E-state index in [9.17, 15) is 14.7 Å². The molecule has 1 aromatic rings. The molecule has 1 aliphatic rings. The van der Waals surface area contributed by atoms with Gasteiger partial charge in [-0.3, -0.25) is 9.59 Å². The minimum absolute atomic E-state index is 0.314. The number of nitrogens with zero attached hydrogens (tertiary/aromatic N) is 1. The van der Waals surface area contributed by atoms with E-state index in [0.29, 0.717) is 12.8 Å². The maximum Gasteiger partial charge on any atom is 0.319 e. The molecule has 0 bridgehead atoms. The summed E-state index contributed by atoms with van der Waals surface area (Å²) in [6.07, 6.45) is 0.880. The summed E-state index contributed by atoms with van der Waals surface area (Å²) in [5, 5.41) is 9.19. The summed E-state index contributed by atoms with van der Waals surface area (Å²) in [6, 6.07) is 3.84. The third kappa shape index (κ3) is 2.01. The fourth-order valence-corrected chi connectivity index (χ4v) is 2.38. The maximum atomic E-state index is 12.4. The van der Waals surface area contributed by atoms with Crippen LogP contribution in [0, 0.1) is 26.2 Å². The lowest BCUT2D eigenvalue weighted by molar-refractivity contribution is -0.148. The van der Waals surface area contributed by atoms with E-state index in [4.69, 9.17) is 0 Å². The zero-order chi connectivity index (χ0) is 14.4. The molecule has 4 heteroatoms. The van der Waals surface area contributed by atoms with Gasteiger partial charge in [-0.25, -0.2) is 0 Å². The first-order chi connectivity index (χ1) is 8.81. The third-order valence-electron chi connectivity index (χ3n) is 4.26. The monoisotopic (exact) mass is 261 g/mol. The Morgan fingerprint density at radius 3 is 2.21 bits per heavy atom. The number of carboxylic acids is 1. The minimum Gasteiger partial charge on any atom is -0.480 e. The number of benzene rings is 1. The van der Waals surface area contributed by atoms with Gasteiger partial charge in [0.25, 0.3) is 0 Å². The van der Waals surface area contributed by atoms with Gasteiger partial charge in [-0.1, -0.05) is 6.07 Å². The van der Waals surface area contributed by atoms with E-state index < -0.39 is 11.4 Å². The largest absolute Gasteiger partial charge is 0.480 e. The summed E-state index contributed by atoms with van der Waals surface area (Å²) < 4.78 is 0. The molecule has 1 aliphatic carbocycles. The number of carboxylic acid groups (broad SMARTS) is 1. The second-order valence-corrected chi connectivity index (χ2v) is 5.40. The van der Waals surface area contributed by atoms with Crippen LogP contribution in [0.5, 0.6) is 0 Å². The number of aliphatic carboxylic acids is 1. The molecule has 19 heavy (non-hydrogen) atoms. The second-order valence-electron chi connectivity index (χ2n) is 5.40. The minimum atomic E-state index is -1.18. The molecule has 0 aromatic heterocycles. The van der Waals surface area contributed by atoms with Crippen molar-refractivity contribution in [1.29, 1.82) is 0 Å². The van der Waals surface area contributed by atoms with Crippen LogP contribution in [0.4, 0.5) is 5.69 Å². The standard InChI is InChI=1S/C15H19NO3/c1-9-5-6-12(11(3)10(9)2)16(4)13(17)15(7-8-15)14(18)19/h5-6H,7-8H2,1-4H3,(H,18,19). The van der Waals surface area contributed by atoms with Gasteiger partial charge in [0, 0.05) is 12.7 Å². The molecule has 102 valence electrons. The van der Waals surface area contributed by atoms with Crippen molar-refractivity contribution in [3.8, 4) is 0 Å². The lowest BCUT2D eigenvalue weighted by Gasteiger charge is -2.24. The van der Waals surface area contributed by atoms with E-state index in [-0.39, 0.29) is 5.91 Å². The van der Waals surface area contributed by atoms with Gasteiger partial charge in [0.15, 0.2) is 0 Å². The lowest BCUT2D eigenvalue weighted by Crippen LogP contribution is -2.39. The molecule has 0 heterocycles. The van der Waals surface area contributed by atoms with Gasteiger partial charge in [-0.2, -0.15) is 0 Å². The topological polar surface area (TPSA) is 57.6 Å². The van der Waals surface area contributed by atoms with Gasteiger partial charge in [0.1, 0.15) is 5.41 Å². The number of hydrogen-bond acceptors (Lipinski definition) is 2. The normalized spacial score (nSPS) is 16.0. The SMILES string of the molecule is Cc1ccc(N(C)C(=O)C2(C(=O)O)CC2)c(C)c1C. The zero-order valence-corrected chi connectivity index (χ0v) is 11.8. The van der Waals surface area contributed by atoms with E-state index in [1.165, 1.54) is 10.5 Å². The molecule has 1 amide bonds. The summed E-state index contributed by atoms with van der Waals surface area (Å²) in [5.74, 6) is -1.32. The fraction of sp³-hybridized carbons (Fsp3) is 0.467. The molecular formula is C15H19NO3. The first-order valence-corrected chi connectivity index (χ1v) is 6.39. The number of aryl methyl sites for hydroxylation is 1. The summed E-state index contributed by atoms with van der Waals surface area (Å²) >= 11 is 0. The van der Waals surface area contributed by atoms with Crippen LogP contribution in [-0.4, -0.2) is 24.0 Å². The summed E-state index contributed by atoms with van der Waals surface area (Å²) in [7, 11) is 1.66. The van der Waals surface area contributed by atoms with Crippen LogP contribution >= 0.6 is 0 Å². The van der Waals surface area contributed by atoms with Crippen LogP contribution in [0.1, 0.15) is 29.5 Å². The van der Waals surface area contributed by atoms with E-state index in [1.807, 2.05) is 32.9 Å². The summed E-state index contributed by atoms with van der Waals surface area (Å²) in [5.41, 5.74) is 2.94. The highest BCUT2D eigenvalue weighted by Gasteiger charge is 2.58. The molecule has 4 nitrogen and oxygen atoms in total. The molecule has 1 N–H and O–H groups in total. The quantitative estimate of drug-likeness (QED) is 0.850. The number of carbonyl (C=O) groups excluding carboxylic acids is 1. The number of anilines is 1. The maximum absolute atomic E-state index is 12.4. The Kier molecular flexibility index (Phi) is 3.12. The molecular weight excluding hydrogens is 242 g/mol. The molecule has 1 fully saturated rings. The first-order valence-electron chi connectivity index (χ1n) is 6.39. The van der Waals surface area contributed by atoms with Gasteiger partial charge in [0.05, 0.1) is 0 Å². The molecule has 0 atom stereocenters. The highest BCUT2D eigenvalue weighted by Crippen LogP contribution is 2.48. The van der Waals surface area contributed by atoms with Crippen molar-refractivity contribution in [3.63, 3.8) is 0 Å². The highest BCUT2D eigenvalue weighted by atomic mass is 16.4. The molecule has 0 spiro atoms. The fourth-order valence-electron chi connectivity index (χ4n) is 2.38. The van der Waals surface area contributed by atoms with Crippen molar-refractivity contribution in [3.05, 3.63) is 28.8 Å². The smallest absolute Gasteiger partial charge is 0.319 e. The van der Waals surface area contributed by atoms with Gasteiger partial charge in [0.2, 0.25) is 5.91 Å².